The summed E-state index contributed by atoms with van der Waals surface area (Å²) >= 11 is 6.07. The largest absolute Gasteiger partial charge is 0.369 e. The van der Waals surface area contributed by atoms with Gasteiger partial charge in [-0.15, -0.1) is 0 Å². The first kappa shape index (κ1) is 16.6. The minimum atomic E-state index is -0.474. The highest BCUT2D eigenvalue weighted by molar-refractivity contribution is 6.30. The fourth-order valence-electron chi connectivity index (χ4n) is 2.50. The average Bonchev–Trinajstić information content (AvgIpc) is 2.50. The highest BCUT2D eigenvalue weighted by Gasteiger charge is 2.20. The van der Waals surface area contributed by atoms with E-state index in [2.05, 4.69) is 22.5 Å². The Labute approximate surface area is 135 Å². The van der Waals surface area contributed by atoms with Crippen molar-refractivity contribution in [2.24, 2.45) is 0 Å². The first-order chi connectivity index (χ1) is 10.5. The number of hydrogen-bond donors (Lipinski definition) is 2. The van der Waals surface area contributed by atoms with Crippen LogP contribution in [0.3, 0.4) is 0 Å². The van der Waals surface area contributed by atoms with Crippen LogP contribution in [0.15, 0.2) is 18.2 Å². The molecule has 0 aromatic heterocycles. The van der Waals surface area contributed by atoms with Crippen molar-refractivity contribution >= 4 is 29.2 Å². The Kier molecular flexibility index (Phi) is 5.63. The van der Waals surface area contributed by atoms with Crippen LogP contribution in [0.4, 0.5) is 10.5 Å². The number of anilines is 1. The summed E-state index contributed by atoms with van der Waals surface area (Å²) in [5.41, 5.74) is 2.33. The van der Waals surface area contributed by atoms with Crippen LogP contribution in [-0.4, -0.2) is 56.6 Å². The molecule has 0 saturated carbocycles. The minimum Gasteiger partial charge on any atom is -0.369 e. The molecule has 0 bridgehead atoms. The molecule has 1 heterocycles. The van der Waals surface area contributed by atoms with Crippen LogP contribution in [0.25, 0.3) is 0 Å². The lowest BCUT2D eigenvalue weighted by atomic mass is 10.1. The zero-order valence-corrected chi connectivity index (χ0v) is 13.6. The van der Waals surface area contributed by atoms with Crippen LogP contribution in [0.1, 0.15) is 5.56 Å². The van der Waals surface area contributed by atoms with Crippen molar-refractivity contribution in [3.63, 3.8) is 0 Å². The molecule has 0 aliphatic carbocycles. The second-order valence-electron chi connectivity index (χ2n) is 5.32. The van der Waals surface area contributed by atoms with E-state index in [4.69, 9.17) is 11.6 Å². The number of nitrogens with zero attached hydrogens (tertiary/aromatic N) is 2. The van der Waals surface area contributed by atoms with E-state index in [1.807, 2.05) is 23.1 Å². The molecule has 1 saturated heterocycles. The fraction of sp³-hybridized carbons (Fsp3) is 0.467. The molecule has 0 spiro atoms. The number of halogens is 1. The molecule has 1 aliphatic heterocycles. The zero-order valence-electron chi connectivity index (χ0n) is 12.9. The Morgan fingerprint density at radius 1 is 1.23 bits per heavy atom. The van der Waals surface area contributed by atoms with Gasteiger partial charge in [-0.3, -0.25) is 15.0 Å². The van der Waals surface area contributed by atoms with Gasteiger partial charge in [-0.05, 0) is 24.6 Å². The molecule has 1 aliphatic rings. The maximum absolute atomic E-state index is 11.7. The maximum atomic E-state index is 11.7. The van der Waals surface area contributed by atoms with E-state index in [0.717, 1.165) is 36.9 Å². The van der Waals surface area contributed by atoms with Gasteiger partial charge in [0, 0.05) is 43.9 Å². The van der Waals surface area contributed by atoms with E-state index in [0.29, 0.717) is 0 Å². The van der Waals surface area contributed by atoms with E-state index < -0.39 is 6.03 Å². The lowest BCUT2D eigenvalue weighted by Gasteiger charge is -2.36. The smallest absolute Gasteiger partial charge is 0.321 e. The molecule has 120 valence electrons. The minimum absolute atomic E-state index is 0.232. The summed E-state index contributed by atoms with van der Waals surface area (Å²) in [6.07, 6.45) is 0. The Morgan fingerprint density at radius 3 is 2.55 bits per heavy atom. The molecule has 22 heavy (non-hydrogen) atoms. The fourth-order valence-corrected chi connectivity index (χ4v) is 2.67. The van der Waals surface area contributed by atoms with Gasteiger partial charge in [0.1, 0.15) is 0 Å². The third-order valence-corrected chi connectivity index (χ3v) is 3.97. The summed E-state index contributed by atoms with van der Waals surface area (Å²) in [6, 6.07) is 5.41. The predicted octanol–water partition coefficient (Wildman–Crippen LogP) is 1.23. The van der Waals surface area contributed by atoms with Crippen molar-refractivity contribution in [3.8, 4) is 0 Å². The summed E-state index contributed by atoms with van der Waals surface area (Å²) in [5.74, 6) is -0.285. The van der Waals surface area contributed by atoms with E-state index in [1.165, 1.54) is 12.6 Å². The Balaban J connectivity index is 1.86. The van der Waals surface area contributed by atoms with E-state index >= 15 is 0 Å². The van der Waals surface area contributed by atoms with Crippen molar-refractivity contribution in [3.05, 3.63) is 28.8 Å². The Bertz CT molecular complexity index is 556. The lowest BCUT2D eigenvalue weighted by Crippen LogP contribution is -2.51. The molecular formula is C15H21ClN4O2. The highest BCUT2D eigenvalue weighted by atomic mass is 35.5. The number of urea groups is 1. The molecule has 2 rings (SSSR count). The second-order valence-corrected chi connectivity index (χ2v) is 5.76. The van der Waals surface area contributed by atoms with Gasteiger partial charge in [0.05, 0.1) is 6.54 Å². The molecule has 7 heteroatoms. The summed E-state index contributed by atoms with van der Waals surface area (Å²) in [4.78, 5) is 27.1. The number of nitrogens with one attached hydrogen (secondary N) is 2. The molecule has 3 amide bonds. The number of imide groups is 1. The second kappa shape index (κ2) is 7.47. The summed E-state index contributed by atoms with van der Waals surface area (Å²) in [5, 5.41) is 5.37. The van der Waals surface area contributed by atoms with E-state index in [9.17, 15) is 9.59 Å². The predicted molar refractivity (Wildman–Crippen MR) is 87.4 cm³/mol. The molecule has 2 N–H and O–H groups in total. The number of carbonyl (C=O) groups is 2. The number of amides is 3. The van der Waals surface area contributed by atoms with Gasteiger partial charge in [-0.25, -0.2) is 4.79 Å². The molecule has 6 nitrogen and oxygen atoms in total. The highest BCUT2D eigenvalue weighted by Crippen LogP contribution is 2.25. The average molecular weight is 325 g/mol. The standard InChI is InChI=1S/C15H21ClN4O2/c1-11-3-4-12(16)9-13(11)20-7-5-19(6-8-20)10-14(21)18-15(22)17-2/h3-4,9H,5-8,10H2,1-2H3,(H2,17,18,21,22). The lowest BCUT2D eigenvalue weighted by molar-refractivity contribution is -0.121. The van der Waals surface area contributed by atoms with Gasteiger partial charge in [0.25, 0.3) is 0 Å². The van der Waals surface area contributed by atoms with Crippen LogP contribution < -0.4 is 15.5 Å². The third kappa shape index (κ3) is 4.35. The molecule has 1 aromatic carbocycles. The first-order valence-electron chi connectivity index (χ1n) is 7.24. The normalized spacial score (nSPS) is 15.5. The van der Waals surface area contributed by atoms with Crippen LogP contribution >= 0.6 is 11.6 Å². The summed E-state index contributed by atoms with van der Waals surface area (Å²) < 4.78 is 0. The van der Waals surface area contributed by atoms with E-state index in [-0.39, 0.29) is 12.5 Å². The molecule has 0 radical (unpaired) electrons. The van der Waals surface area contributed by atoms with Gasteiger partial charge < -0.3 is 10.2 Å². The van der Waals surface area contributed by atoms with Gasteiger partial charge in [0.2, 0.25) is 5.91 Å². The number of hydrogen-bond acceptors (Lipinski definition) is 4. The maximum Gasteiger partial charge on any atom is 0.321 e. The van der Waals surface area contributed by atoms with Crippen molar-refractivity contribution < 1.29 is 9.59 Å². The molecular weight excluding hydrogens is 304 g/mol. The zero-order chi connectivity index (χ0) is 16.1. The molecule has 1 fully saturated rings. The molecule has 1 aromatic rings. The monoisotopic (exact) mass is 324 g/mol. The summed E-state index contributed by atoms with van der Waals surface area (Å²) in [6.45, 7) is 5.49. The van der Waals surface area contributed by atoms with Crippen LogP contribution in [0.5, 0.6) is 0 Å². The van der Waals surface area contributed by atoms with Crippen LogP contribution in [0, 0.1) is 6.92 Å². The Morgan fingerprint density at radius 2 is 1.91 bits per heavy atom. The topological polar surface area (TPSA) is 64.7 Å². The van der Waals surface area contributed by atoms with Crippen LogP contribution in [-0.2, 0) is 4.79 Å². The van der Waals surface area contributed by atoms with E-state index in [1.54, 1.807) is 0 Å². The SMILES string of the molecule is CNC(=O)NC(=O)CN1CCN(c2cc(Cl)ccc2C)CC1. The number of aryl methyl sites for hydroxylation is 1. The number of rotatable bonds is 3. The van der Waals surface area contributed by atoms with Gasteiger partial charge in [-0.2, -0.15) is 0 Å². The molecule has 0 unspecified atom stereocenters. The van der Waals surface area contributed by atoms with Crippen molar-refractivity contribution in [2.45, 2.75) is 6.92 Å². The number of piperazine rings is 1. The quantitative estimate of drug-likeness (QED) is 0.877. The van der Waals surface area contributed by atoms with Gasteiger partial charge in [-0.1, -0.05) is 17.7 Å². The molecule has 0 atom stereocenters. The van der Waals surface area contributed by atoms with Crippen molar-refractivity contribution in [1.29, 1.82) is 0 Å². The third-order valence-electron chi connectivity index (χ3n) is 3.73. The Hall–Kier alpha value is -1.79. The van der Waals surface area contributed by atoms with Crippen molar-refractivity contribution in [1.82, 2.24) is 15.5 Å². The van der Waals surface area contributed by atoms with Crippen LogP contribution in [0.2, 0.25) is 5.02 Å². The van der Waals surface area contributed by atoms with Gasteiger partial charge >= 0.3 is 6.03 Å². The van der Waals surface area contributed by atoms with Gasteiger partial charge in [0.15, 0.2) is 0 Å². The van der Waals surface area contributed by atoms with Crippen molar-refractivity contribution in [2.75, 3.05) is 44.7 Å². The summed E-state index contributed by atoms with van der Waals surface area (Å²) in [7, 11) is 1.48. The number of carbonyl (C=O) groups excluding carboxylic acids is 2. The number of benzene rings is 1. The first-order valence-corrected chi connectivity index (χ1v) is 7.62.